The lowest BCUT2D eigenvalue weighted by atomic mass is 10.0. The van der Waals surface area contributed by atoms with Crippen molar-refractivity contribution >= 4 is 17.2 Å². The number of anilines is 1. The number of hydrogen-bond donors (Lipinski definition) is 2. The smallest absolute Gasteiger partial charge is 0.307 e. The van der Waals surface area contributed by atoms with Gasteiger partial charge in [-0.3, -0.25) is 4.79 Å². The van der Waals surface area contributed by atoms with Crippen molar-refractivity contribution < 1.29 is 19.4 Å². The topological polar surface area (TPSA) is 81.8 Å². The molecule has 0 saturated carbocycles. The van der Waals surface area contributed by atoms with E-state index in [-0.39, 0.29) is 6.42 Å². The Morgan fingerprint density at radius 2 is 1.74 bits per heavy atom. The Labute approximate surface area is 112 Å². The van der Waals surface area contributed by atoms with E-state index in [1.165, 1.54) is 0 Å². The molecule has 0 heterocycles. The van der Waals surface area contributed by atoms with Crippen molar-refractivity contribution in [3.05, 3.63) is 24.3 Å². The number of hydrogen-bond acceptors (Lipinski definition) is 4. The van der Waals surface area contributed by atoms with Gasteiger partial charge < -0.3 is 20.3 Å². The van der Waals surface area contributed by atoms with E-state index in [1.54, 1.807) is 12.1 Å². The molecule has 5 heteroatoms. The van der Waals surface area contributed by atoms with Crippen molar-refractivity contribution in [1.82, 2.24) is 0 Å². The molecule has 0 radical (unpaired) electrons. The van der Waals surface area contributed by atoms with Gasteiger partial charge in [0.05, 0.1) is 19.6 Å². The molecule has 1 aromatic carbocycles. The second kappa shape index (κ2) is 6.68. The molecule has 0 unspecified atom stereocenters. The maximum Gasteiger partial charge on any atom is 0.307 e. The molecule has 0 saturated heterocycles. The second-order valence-electron chi connectivity index (χ2n) is 3.93. The van der Waals surface area contributed by atoms with Crippen molar-refractivity contribution in [3.8, 4) is 11.5 Å². The van der Waals surface area contributed by atoms with Gasteiger partial charge in [0.1, 0.15) is 17.2 Å². The maximum atomic E-state index is 10.7. The minimum atomic E-state index is -0.933. The Hall–Kier alpha value is -2.17. The number of nitrogens with two attached hydrogens (primary N) is 1. The van der Waals surface area contributed by atoms with Gasteiger partial charge in [0.2, 0.25) is 0 Å². The highest BCUT2D eigenvalue weighted by molar-refractivity contribution is 5.84. The third kappa shape index (κ3) is 3.91. The minimum absolute atomic E-state index is 0.138. The van der Waals surface area contributed by atoms with Gasteiger partial charge >= 0.3 is 5.97 Å². The van der Waals surface area contributed by atoms with Crippen LogP contribution in [0.5, 0.6) is 11.5 Å². The van der Waals surface area contributed by atoms with Crippen LogP contribution >= 0.6 is 0 Å². The van der Waals surface area contributed by atoms with Crippen molar-refractivity contribution in [2.75, 3.05) is 18.9 Å². The van der Waals surface area contributed by atoms with Crippen LogP contribution in [0.4, 0.5) is 5.69 Å². The first-order chi connectivity index (χ1) is 8.99. The molecule has 0 spiro atoms. The Morgan fingerprint density at radius 3 is 2.11 bits per heavy atom. The first-order valence-corrected chi connectivity index (χ1v) is 6.08. The SMILES string of the molecule is C=C(CC(=O)O)c1cc(OCC)c(N)c(OCC)c1. The summed E-state index contributed by atoms with van der Waals surface area (Å²) >= 11 is 0. The number of rotatable bonds is 7. The third-order valence-electron chi connectivity index (χ3n) is 2.48. The predicted molar refractivity (Wildman–Crippen MR) is 74.5 cm³/mol. The molecule has 0 atom stereocenters. The van der Waals surface area contributed by atoms with Gasteiger partial charge in [-0.05, 0) is 37.1 Å². The van der Waals surface area contributed by atoms with Gasteiger partial charge in [0.15, 0.2) is 0 Å². The van der Waals surface area contributed by atoms with Crippen LogP contribution in [0.3, 0.4) is 0 Å². The van der Waals surface area contributed by atoms with E-state index in [4.69, 9.17) is 20.3 Å². The summed E-state index contributed by atoms with van der Waals surface area (Å²) in [5.74, 6) is 0.0303. The molecule has 0 fully saturated rings. The molecule has 0 aliphatic heterocycles. The Balaban J connectivity index is 3.17. The maximum absolute atomic E-state index is 10.7. The second-order valence-corrected chi connectivity index (χ2v) is 3.93. The normalized spacial score (nSPS) is 10.0. The first kappa shape index (κ1) is 14.9. The Kier molecular flexibility index (Phi) is 5.23. The molecule has 0 aromatic heterocycles. The van der Waals surface area contributed by atoms with Crippen molar-refractivity contribution in [3.63, 3.8) is 0 Å². The number of aliphatic carboxylic acids is 1. The molecule has 3 N–H and O–H groups in total. The third-order valence-corrected chi connectivity index (χ3v) is 2.48. The lowest BCUT2D eigenvalue weighted by Gasteiger charge is -2.15. The summed E-state index contributed by atoms with van der Waals surface area (Å²) in [5, 5.41) is 8.80. The molecule has 5 nitrogen and oxygen atoms in total. The summed E-state index contributed by atoms with van der Waals surface area (Å²) in [6, 6.07) is 3.37. The number of nitrogen functional groups attached to an aromatic ring is 1. The van der Waals surface area contributed by atoms with Gasteiger partial charge in [-0.25, -0.2) is 0 Å². The monoisotopic (exact) mass is 265 g/mol. The van der Waals surface area contributed by atoms with Crippen LogP contribution in [0.25, 0.3) is 5.57 Å². The fourth-order valence-electron chi connectivity index (χ4n) is 1.64. The van der Waals surface area contributed by atoms with Crippen LogP contribution in [0.1, 0.15) is 25.8 Å². The fourth-order valence-corrected chi connectivity index (χ4v) is 1.64. The first-order valence-electron chi connectivity index (χ1n) is 6.08. The van der Waals surface area contributed by atoms with Crippen molar-refractivity contribution in [2.24, 2.45) is 0 Å². The van der Waals surface area contributed by atoms with Crippen LogP contribution in [0.15, 0.2) is 18.7 Å². The van der Waals surface area contributed by atoms with E-state index < -0.39 is 5.97 Å². The Morgan fingerprint density at radius 1 is 1.26 bits per heavy atom. The molecular formula is C14H19NO4. The number of ether oxygens (including phenoxy) is 2. The van der Waals surface area contributed by atoms with E-state index in [1.807, 2.05) is 13.8 Å². The van der Waals surface area contributed by atoms with Crippen LogP contribution in [0, 0.1) is 0 Å². The molecular weight excluding hydrogens is 246 g/mol. The zero-order valence-corrected chi connectivity index (χ0v) is 11.2. The van der Waals surface area contributed by atoms with Crippen LogP contribution < -0.4 is 15.2 Å². The zero-order chi connectivity index (χ0) is 14.4. The minimum Gasteiger partial charge on any atom is -0.492 e. The Bertz CT molecular complexity index is 455. The highest BCUT2D eigenvalue weighted by Crippen LogP contribution is 2.36. The van der Waals surface area contributed by atoms with Crippen molar-refractivity contribution in [1.29, 1.82) is 0 Å². The molecule has 1 aromatic rings. The van der Waals surface area contributed by atoms with Gasteiger partial charge in [0, 0.05) is 0 Å². The summed E-state index contributed by atoms with van der Waals surface area (Å²) in [5.41, 5.74) is 7.48. The van der Waals surface area contributed by atoms with E-state index in [0.717, 1.165) is 0 Å². The number of carboxylic acids is 1. The van der Waals surface area contributed by atoms with Gasteiger partial charge in [0.25, 0.3) is 0 Å². The predicted octanol–water partition coefficient (Wildman–Crippen LogP) is 2.55. The van der Waals surface area contributed by atoms with Crippen LogP contribution in [0.2, 0.25) is 0 Å². The average molecular weight is 265 g/mol. The number of carbonyl (C=O) groups is 1. The lowest BCUT2D eigenvalue weighted by Crippen LogP contribution is -2.03. The van der Waals surface area contributed by atoms with E-state index in [0.29, 0.717) is 41.5 Å². The summed E-state index contributed by atoms with van der Waals surface area (Å²) in [7, 11) is 0. The van der Waals surface area contributed by atoms with E-state index in [2.05, 4.69) is 6.58 Å². The highest BCUT2D eigenvalue weighted by atomic mass is 16.5. The molecule has 19 heavy (non-hydrogen) atoms. The molecule has 1 rings (SSSR count). The van der Waals surface area contributed by atoms with E-state index in [9.17, 15) is 4.79 Å². The average Bonchev–Trinajstić information content (AvgIpc) is 2.33. The summed E-state index contributed by atoms with van der Waals surface area (Å²) in [6.07, 6.45) is -0.138. The molecule has 0 aliphatic rings. The van der Waals surface area contributed by atoms with Gasteiger partial charge in [-0.2, -0.15) is 0 Å². The highest BCUT2D eigenvalue weighted by Gasteiger charge is 2.13. The summed E-state index contributed by atoms with van der Waals surface area (Å²) in [6.45, 7) is 8.38. The van der Waals surface area contributed by atoms with Crippen molar-refractivity contribution in [2.45, 2.75) is 20.3 Å². The quantitative estimate of drug-likeness (QED) is 0.740. The molecule has 0 bridgehead atoms. The van der Waals surface area contributed by atoms with Gasteiger partial charge in [-0.1, -0.05) is 6.58 Å². The number of benzene rings is 1. The zero-order valence-electron chi connectivity index (χ0n) is 11.2. The fraction of sp³-hybridized carbons (Fsp3) is 0.357. The number of carboxylic acid groups (broad SMARTS) is 1. The van der Waals surface area contributed by atoms with E-state index >= 15 is 0 Å². The largest absolute Gasteiger partial charge is 0.492 e. The summed E-state index contributed by atoms with van der Waals surface area (Å²) in [4.78, 5) is 10.7. The molecule has 104 valence electrons. The molecule has 0 amide bonds. The molecule has 0 aliphatic carbocycles. The van der Waals surface area contributed by atoms with Crippen LogP contribution in [-0.4, -0.2) is 24.3 Å². The van der Waals surface area contributed by atoms with Gasteiger partial charge in [-0.15, -0.1) is 0 Å². The standard InChI is InChI=1S/C14H19NO4/c1-4-18-11-7-10(9(3)6-13(16)17)8-12(14(11)15)19-5-2/h7-8H,3-6,15H2,1-2H3,(H,16,17). The van der Waals surface area contributed by atoms with Crippen LogP contribution in [-0.2, 0) is 4.79 Å². The lowest BCUT2D eigenvalue weighted by molar-refractivity contribution is -0.135. The summed E-state index contributed by atoms with van der Waals surface area (Å²) < 4.78 is 10.9.